The zero-order valence-electron chi connectivity index (χ0n) is 13.7. The van der Waals surface area contributed by atoms with Crippen LogP contribution in [0.3, 0.4) is 0 Å². The lowest BCUT2D eigenvalue weighted by Gasteiger charge is -2.16. The summed E-state index contributed by atoms with van der Waals surface area (Å²) in [5.74, 6) is 1.90. The summed E-state index contributed by atoms with van der Waals surface area (Å²) >= 11 is 0. The number of aromatic nitrogens is 2. The fraction of sp³-hybridized carbons (Fsp3) is 0.812. The van der Waals surface area contributed by atoms with Crippen molar-refractivity contribution in [1.82, 2.24) is 19.8 Å². The lowest BCUT2D eigenvalue weighted by molar-refractivity contribution is 0.305. The van der Waals surface area contributed by atoms with Crippen LogP contribution in [0.4, 0.5) is 0 Å². The van der Waals surface area contributed by atoms with Gasteiger partial charge in [-0.1, -0.05) is 26.7 Å². The number of hydrogen-bond donors (Lipinski definition) is 1. The first kappa shape index (κ1) is 17.2. The van der Waals surface area contributed by atoms with E-state index in [1.165, 1.54) is 32.2 Å². The van der Waals surface area contributed by atoms with Crippen molar-refractivity contribution in [3.63, 3.8) is 0 Å². The molecule has 0 bridgehead atoms. The number of imidazole rings is 1. The van der Waals surface area contributed by atoms with Crippen LogP contribution in [0.1, 0.15) is 45.4 Å². The van der Waals surface area contributed by atoms with Crippen molar-refractivity contribution in [3.8, 4) is 0 Å². The fourth-order valence-electron chi connectivity index (χ4n) is 2.25. The van der Waals surface area contributed by atoms with Gasteiger partial charge in [-0.05, 0) is 45.4 Å². The SMILES string of the molecule is CC(C)CNCCCCCCN(C)Cc1nccn1C. The second-order valence-electron chi connectivity index (χ2n) is 6.20. The Morgan fingerprint density at radius 3 is 2.65 bits per heavy atom. The molecule has 0 aliphatic rings. The molecule has 0 saturated carbocycles. The van der Waals surface area contributed by atoms with E-state index in [-0.39, 0.29) is 0 Å². The molecule has 1 aromatic rings. The van der Waals surface area contributed by atoms with E-state index in [0.717, 1.165) is 31.4 Å². The normalized spacial score (nSPS) is 11.7. The molecule has 0 atom stereocenters. The molecule has 0 aliphatic heterocycles. The predicted octanol–water partition coefficient (Wildman–Crippen LogP) is 2.66. The lowest BCUT2D eigenvalue weighted by Crippen LogP contribution is -2.21. The van der Waals surface area contributed by atoms with Crippen molar-refractivity contribution in [1.29, 1.82) is 0 Å². The van der Waals surface area contributed by atoms with Gasteiger partial charge in [0, 0.05) is 19.4 Å². The largest absolute Gasteiger partial charge is 0.337 e. The van der Waals surface area contributed by atoms with Gasteiger partial charge in [-0.25, -0.2) is 4.98 Å². The molecule has 0 aromatic carbocycles. The zero-order valence-corrected chi connectivity index (χ0v) is 13.7. The van der Waals surface area contributed by atoms with Crippen LogP contribution in [0.15, 0.2) is 12.4 Å². The van der Waals surface area contributed by atoms with Crippen molar-refractivity contribution in [2.24, 2.45) is 13.0 Å². The number of rotatable bonds is 11. The minimum absolute atomic E-state index is 0.759. The molecule has 1 N–H and O–H groups in total. The van der Waals surface area contributed by atoms with E-state index in [1.807, 2.05) is 12.4 Å². The van der Waals surface area contributed by atoms with Gasteiger partial charge in [0.2, 0.25) is 0 Å². The van der Waals surface area contributed by atoms with Crippen LogP contribution in [0.5, 0.6) is 0 Å². The molecule has 0 fully saturated rings. The van der Waals surface area contributed by atoms with E-state index >= 15 is 0 Å². The number of aryl methyl sites for hydroxylation is 1. The highest BCUT2D eigenvalue weighted by Gasteiger charge is 2.03. The molecule has 1 aromatic heterocycles. The van der Waals surface area contributed by atoms with Crippen molar-refractivity contribution in [3.05, 3.63) is 18.2 Å². The predicted molar refractivity (Wildman–Crippen MR) is 85.7 cm³/mol. The first-order valence-electron chi connectivity index (χ1n) is 7.95. The smallest absolute Gasteiger partial charge is 0.122 e. The van der Waals surface area contributed by atoms with Crippen molar-refractivity contribution in [2.75, 3.05) is 26.7 Å². The Balaban J connectivity index is 1.94. The Morgan fingerprint density at radius 1 is 1.25 bits per heavy atom. The van der Waals surface area contributed by atoms with Crippen molar-refractivity contribution < 1.29 is 0 Å². The van der Waals surface area contributed by atoms with Gasteiger partial charge in [0.25, 0.3) is 0 Å². The molecular weight excluding hydrogens is 248 g/mol. The Morgan fingerprint density at radius 2 is 2.00 bits per heavy atom. The molecule has 20 heavy (non-hydrogen) atoms. The minimum Gasteiger partial charge on any atom is -0.337 e. The minimum atomic E-state index is 0.759. The summed E-state index contributed by atoms with van der Waals surface area (Å²) in [6, 6.07) is 0. The van der Waals surface area contributed by atoms with E-state index in [0.29, 0.717) is 0 Å². The number of nitrogens with one attached hydrogen (secondary N) is 1. The molecule has 0 amide bonds. The molecule has 0 saturated heterocycles. The maximum absolute atomic E-state index is 4.36. The van der Waals surface area contributed by atoms with E-state index < -0.39 is 0 Å². The highest BCUT2D eigenvalue weighted by Crippen LogP contribution is 2.04. The van der Waals surface area contributed by atoms with Crippen LogP contribution in [0.25, 0.3) is 0 Å². The van der Waals surface area contributed by atoms with Gasteiger partial charge in [-0.15, -0.1) is 0 Å². The van der Waals surface area contributed by atoms with Gasteiger partial charge >= 0.3 is 0 Å². The number of hydrogen-bond acceptors (Lipinski definition) is 3. The summed E-state index contributed by atoms with van der Waals surface area (Å²) in [6.45, 7) is 8.92. The topological polar surface area (TPSA) is 33.1 Å². The number of nitrogens with zero attached hydrogens (tertiary/aromatic N) is 3. The maximum atomic E-state index is 4.36. The average Bonchev–Trinajstić information content (AvgIpc) is 2.78. The Hall–Kier alpha value is -0.870. The second kappa shape index (κ2) is 9.94. The molecule has 0 radical (unpaired) electrons. The van der Waals surface area contributed by atoms with Crippen molar-refractivity contribution >= 4 is 0 Å². The summed E-state index contributed by atoms with van der Waals surface area (Å²) in [7, 11) is 4.24. The quantitative estimate of drug-likeness (QED) is 0.633. The molecule has 4 nitrogen and oxygen atoms in total. The summed E-state index contributed by atoms with van der Waals surface area (Å²) < 4.78 is 2.09. The van der Waals surface area contributed by atoms with Crippen LogP contribution in [0, 0.1) is 5.92 Å². The van der Waals surface area contributed by atoms with Crippen LogP contribution < -0.4 is 5.32 Å². The zero-order chi connectivity index (χ0) is 14.8. The van der Waals surface area contributed by atoms with Gasteiger partial charge in [0.15, 0.2) is 0 Å². The Kier molecular flexibility index (Phi) is 8.54. The lowest BCUT2D eigenvalue weighted by atomic mass is 10.2. The molecule has 1 rings (SSSR count). The molecular formula is C16H32N4. The summed E-state index contributed by atoms with van der Waals surface area (Å²) in [5.41, 5.74) is 0. The van der Waals surface area contributed by atoms with Gasteiger partial charge in [0.05, 0.1) is 6.54 Å². The molecule has 0 aliphatic carbocycles. The van der Waals surface area contributed by atoms with Crippen LogP contribution in [-0.4, -0.2) is 41.1 Å². The highest BCUT2D eigenvalue weighted by molar-refractivity contribution is 4.90. The Labute approximate surface area is 124 Å². The van der Waals surface area contributed by atoms with E-state index in [2.05, 4.69) is 47.7 Å². The third-order valence-electron chi connectivity index (χ3n) is 3.53. The molecule has 1 heterocycles. The first-order chi connectivity index (χ1) is 9.59. The molecule has 4 heteroatoms. The maximum Gasteiger partial charge on any atom is 0.122 e. The van der Waals surface area contributed by atoms with Crippen LogP contribution >= 0.6 is 0 Å². The second-order valence-corrected chi connectivity index (χ2v) is 6.20. The molecule has 116 valence electrons. The van der Waals surface area contributed by atoms with Gasteiger partial charge in [0.1, 0.15) is 5.82 Å². The highest BCUT2D eigenvalue weighted by atomic mass is 15.1. The van der Waals surface area contributed by atoms with E-state index in [9.17, 15) is 0 Å². The van der Waals surface area contributed by atoms with Gasteiger partial charge < -0.3 is 9.88 Å². The van der Waals surface area contributed by atoms with Crippen LogP contribution in [-0.2, 0) is 13.6 Å². The molecule has 0 spiro atoms. The van der Waals surface area contributed by atoms with Crippen molar-refractivity contribution in [2.45, 2.75) is 46.1 Å². The number of unbranched alkanes of at least 4 members (excludes halogenated alkanes) is 3. The summed E-state index contributed by atoms with van der Waals surface area (Å²) in [5, 5.41) is 3.50. The first-order valence-corrected chi connectivity index (χ1v) is 7.95. The van der Waals surface area contributed by atoms with Gasteiger partial charge in [-0.2, -0.15) is 0 Å². The third kappa shape index (κ3) is 7.65. The Bertz CT molecular complexity index is 346. The van der Waals surface area contributed by atoms with Gasteiger partial charge in [-0.3, -0.25) is 4.90 Å². The summed E-state index contributed by atoms with van der Waals surface area (Å²) in [4.78, 5) is 6.72. The van der Waals surface area contributed by atoms with E-state index in [1.54, 1.807) is 0 Å². The fourth-order valence-corrected chi connectivity index (χ4v) is 2.25. The van der Waals surface area contributed by atoms with Crippen LogP contribution in [0.2, 0.25) is 0 Å². The molecule has 0 unspecified atom stereocenters. The monoisotopic (exact) mass is 280 g/mol. The van der Waals surface area contributed by atoms with E-state index in [4.69, 9.17) is 0 Å². The standard InChI is InChI=1S/C16H32N4/c1-15(2)13-17-9-7-5-6-8-11-19(3)14-16-18-10-12-20(16)4/h10,12,15,17H,5-9,11,13-14H2,1-4H3. The third-order valence-corrected chi connectivity index (χ3v) is 3.53. The summed E-state index contributed by atoms with van der Waals surface area (Å²) in [6.07, 6.45) is 9.12. The average molecular weight is 280 g/mol.